The molecule has 2 aliphatic rings. The van der Waals surface area contributed by atoms with Gasteiger partial charge in [-0.05, 0) is 43.4 Å². The van der Waals surface area contributed by atoms with E-state index in [0.29, 0.717) is 37.7 Å². The van der Waals surface area contributed by atoms with Gasteiger partial charge in [0.1, 0.15) is 0 Å². The van der Waals surface area contributed by atoms with Crippen molar-refractivity contribution in [3.63, 3.8) is 0 Å². The Balaban J connectivity index is 1.80. The highest BCUT2D eigenvalue weighted by Gasteiger charge is 2.50. The van der Waals surface area contributed by atoms with Gasteiger partial charge in [-0.2, -0.15) is 5.26 Å². The van der Waals surface area contributed by atoms with Crippen LogP contribution in [0.3, 0.4) is 0 Å². The predicted octanol–water partition coefficient (Wildman–Crippen LogP) is 1.96. The quantitative estimate of drug-likeness (QED) is 0.906. The number of nitriles is 1. The molecule has 2 aliphatic heterocycles. The van der Waals surface area contributed by atoms with Crippen LogP contribution in [-0.2, 0) is 16.3 Å². The van der Waals surface area contributed by atoms with Crippen molar-refractivity contribution in [1.82, 2.24) is 0 Å². The van der Waals surface area contributed by atoms with Crippen molar-refractivity contribution in [2.75, 3.05) is 0 Å². The number of fused-ring (bicyclic) bond motifs is 2. The molecule has 4 nitrogen and oxygen atoms in total. The van der Waals surface area contributed by atoms with E-state index >= 15 is 0 Å². The van der Waals surface area contributed by atoms with Gasteiger partial charge in [0.25, 0.3) is 0 Å². The maximum Gasteiger partial charge on any atom is 0.156 e. The Morgan fingerprint density at radius 2 is 1.76 bits per heavy atom. The van der Waals surface area contributed by atoms with Crippen LogP contribution in [0, 0.1) is 11.3 Å². The van der Waals surface area contributed by atoms with Crippen molar-refractivity contribution in [3.05, 3.63) is 35.4 Å². The van der Waals surface area contributed by atoms with Gasteiger partial charge in [-0.15, -0.1) is 0 Å². The van der Waals surface area contributed by atoms with Crippen LogP contribution in [0.15, 0.2) is 24.3 Å². The first kappa shape index (κ1) is 14.6. The second-order valence-corrected chi connectivity index (χ2v) is 8.89. The molecule has 0 aromatic heterocycles. The highest BCUT2D eigenvalue weighted by atomic mass is 32.2. The van der Waals surface area contributed by atoms with Gasteiger partial charge in [0, 0.05) is 6.42 Å². The fraction of sp³-hybridized carbons (Fsp3) is 0.562. The molecule has 1 aromatic carbocycles. The number of nitrogens with zero attached hydrogens (tertiary/aromatic N) is 1. The fourth-order valence-corrected chi connectivity index (χ4v) is 6.38. The molecule has 5 heteroatoms. The van der Waals surface area contributed by atoms with Crippen molar-refractivity contribution in [2.45, 2.75) is 54.6 Å². The molecule has 3 rings (SSSR count). The monoisotopic (exact) mass is 305 g/mol. The van der Waals surface area contributed by atoms with E-state index in [-0.39, 0.29) is 10.5 Å². The lowest BCUT2D eigenvalue weighted by Gasteiger charge is -2.44. The van der Waals surface area contributed by atoms with Gasteiger partial charge < -0.3 is 5.11 Å². The summed E-state index contributed by atoms with van der Waals surface area (Å²) in [6.45, 7) is 0. The van der Waals surface area contributed by atoms with E-state index in [1.165, 1.54) is 0 Å². The summed E-state index contributed by atoms with van der Waals surface area (Å²) in [7, 11) is -3.04. The average molecular weight is 305 g/mol. The minimum atomic E-state index is -3.04. The molecular formula is C16H19NO3S. The van der Waals surface area contributed by atoms with Crippen molar-refractivity contribution in [3.8, 4) is 6.07 Å². The summed E-state index contributed by atoms with van der Waals surface area (Å²) in [5.41, 5.74) is 0.609. The first-order valence-electron chi connectivity index (χ1n) is 7.37. The normalized spacial score (nSPS) is 34.1. The maximum absolute atomic E-state index is 12.3. The van der Waals surface area contributed by atoms with Gasteiger partial charge in [0.2, 0.25) is 0 Å². The molecule has 2 heterocycles. The fourth-order valence-electron chi connectivity index (χ4n) is 3.76. The van der Waals surface area contributed by atoms with E-state index in [2.05, 4.69) is 6.07 Å². The predicted molar refractivity (Wildman–Crippen MR) is 79.4 cm³/mol. The van der Waals surface area contributed by atoms with E-state index in [0.717, 1.165) is 12.0 Å². The number of aliphatic hydroxyl groups is 1. The summed E-state index contributed by atoms with van der Waals surface area (Å²) in [5, 5.41) is 18.9. The molecule has 2 unspecified atom stereocenters. The lowest BCUT2D eigenvalue weighted by molar-refractivity contribution is 0.00989. The zero-order chi connectivity index (χ0) is 15.1. The second kappa shape index (κ2) is 5.11. The summed E-state index contributed by atoms with van der Waals surface area (Å²) in [4.78, 5) is 0. The molecule has 2 bridgehead atoms. The highest BCUT2D eigenvalue weighted by Crippen LogP contribution is 2.42. The number of hydrogen-bond donors (Lipinski definition) is 1. The average Bonchev–Trinajstić information content (AvgIpc) is 2.42. The summed E-state index contributed by atoms with van der Waals surface area (Å²) in [6.07, 6.45) is 3.43. The van der Waals surface area contributed by atoms with Gasteiger partial charge in [0.15, 0.2) is 9.84 Å². The largest absolute Gasteiger partial charge is 0.389 e. The SMILES string of the molecule is N#Cc1ccc(CC2(O)CC3CCCC(C2)S3(=O)=O)cc1. The second-order valence-electron chi connectivity index (χ2n) is 6.38. The van der Waals surface area contributed by atoms with E-state index < -0.39 is 15.4 Å². The van der Waals surface area contributed by atoms with E-state index in [9.17, 15) is 13.5 Å². The van der Waals surface area contributed by atoms with Crippen LogP contribution in [-0.4, -0.2) is 29.6 Å². The van der Waals surface area contributed by atoms with Gasteiger partial charge in [-0.1, -0.05) is 18.6 Å². The maximum atomic E-state index is 12.3. The molecule has 112 valence electrons. The molecule has 0 spiro atoms. The molecule has 0 aliphatic carbocycles. The third-order valence-corrected chi connectivity index (χ3v) is 7.48. The van der Waals surface area contributed by atoms with E-state index in [1.807, 2.05) is 12.1 Å². The molecule has 2 atom stereocenters. The number of sulfone groups is 1. The van der Waals surface area contributed by atoms with Crippen LogP contribution >= 0.6 is 0 Å². The molecule has 0 amide bonds. The lowest BCUT2D eigenvalue weighted by atomic mass is 9.81. The van der Waals surface area contributed by atoms with Gasteiger partial charge >= 0.3 is 0 Å². The van der Waals surface area contributed by atoms with Crippen LogP contribution in [0.5, 0.6) is 0 Å². The van der Waals surface area contributed by atoms with Crippen molar-refractivity contribution in [2.24, 2.45) is 0 Å². The smallest absolute Gasteiger partial charge is 0.156 e. The Bertz CT molecular complexity index is 652. The summed E-state index contributed by atoms with van der Waals surface area (Å²) in [6, 6.07) is 9.22. The van der Waals surface area contributed by atoms with E-state index in [4.69, 9.17) is 5.26 Å². The summed E-state index contributed by atoms with van der Waals surface area (Å²) < 4.78 is 24.5. The zero-order valence-electron chi connectivity index (χ0n) is 11.8. The zero-order valence-corrected chi connectivity index (χ0v) is 12.6. The third-order valence-electron chi connectivity index (χ3n) is 4.81. The molecule has 0 saturated carbocycles. The Kier molecular flexibility index (Phi) is 3.54. The molecule has 21 heavy (non-hydrogen) atoms. The Morgan fingerprint density at radius 3 is 2.29 bits per heavy atom. The minimum absolute atomic E-state index is 0.339. The molecule has 1 N–H and O–H groups in total. The van der Waals surface area contributed by atoms with Crippen molar-refractivity contribution < 1.29 is 13.5 Å². The van der Waals surface area contributed by atoms with Gasteiger partial charge in [-0.3, -0.25) is 0 Å². The summed E-state index contributed by atoms with van der Waals surface area (Å²) in [5.74, 6) is 0. The number of hydrogen-bond acceptors (Lipinski definition) is 4. The first-order chi connectivity index (χ1) is 9.93. The van der Waals surface area contributed by atoms with Crippen LogP contribution in [0.2, 0.25) is 0 Å². The lowest BCUT2D eigenvalue weighted by Crippen LogP contribution is -2.52. The van der Waals surface area contributed by atoms with E-state index in [1.54, 1.807) is 12.1 Å². The van der Waals surface area contributed by atoms with Gasteiger partial charge in [-0.25, -0.2) is 8.42 Å². The van der Waals surface area contributed by atoms with Crippen LogP contribution in [0.4, 0.5) is 0 Å². The summed E-state index contributed by atoms with van der Waals surface area (Å²) >= 11 is 0. The molecular weight excluding hydrogens is 286 g/mol. The topological polar surface area (TPSA) is 78.2 Å². The number of rotatable bonds is 2. The molecule has 2 fully saturated rings. The molecule has 0 radical (unpaired) electrons. The van der Waals surface area contributed by atoms with Crippen molar-refractivity contribution >= 4 is 9.84 Å². The van der Waals surface area contributed by atoms with Crippen LogP contribution < -0.4 is 0 Å². The first-order valence-corrected chi connectivity index (χ1v) is 8.98. The molecule has 1 aromatic rings. The Morgan fingerprint density at radius 1 is 1.19 bits per heavy atom. The van der Waals surface area contributed by atoms with Crippen LogP contribution in [0.1, 0.15) is 43.2 Å². The number of benzene rings is 1. The Hall–Kier alpha value is -1.38. The van der Waals surface area contributed by atoms with Crippen molar-refractivity contribution in [1.29, 1.82) is 5.26 Å². The van der Waals surface area contributed by atoms with Gasteiger partial charge in [0.05, 0.1) is 27.7 Å². The molecule has 2 saturated heterocycles. The standard InChI is InChI=1S/C16H19NO3S/c17-11-13-6-4-12(5-7-13)8-16(18)9-14-2-1-3-15(10-16)21(14,19)20/h4-7,14-15,18H,1-3,8-10H2. The highest BCUT2D eigenvalue weighted by molar-refractivity contribution is 7.92. The minimum Gasteiger partial charge on any atom is -0.389 e. The third kappa shape index (κ3) is 2.70. The Labute approximate surface area is 125 Å². The van der Waals surface area contributed by atoms with Crippen LogP contribution in [0.25, 0.3) is 0 Å².